The maximum absolute atomic E-state index is 16.9. The van der Waals surface area contributed by atoms with Gasteiger partial charge in [0.05, 0.1) is 24.2 Å². The predicted molar refractivity (Wildman–Crippen MR) is 171 cm³/mol. The van der Waals surface area contributed by atoms with Crippen molar-refractivity contribution in [3.8, 4) is 23.0 Å². The van der Waals surface area contributed by atoms with Gasteiger partial charge < -0.3 is 24.4 Å². The fourth-order valence-electron chi connectivity index (χ4n) is 7.87. The van der Waals surface area contributed by atoms with E-state index in [0.29, 0.717) is 73.2 Å². The van der Waals surface area contributed by atoms with Crippen LogP contribution in [0.4, 0.5) is 23.4 Å². The smallest absolute Gasteiger partial charge is 0.319 e. The summed E-state index contributed by atoms with van der Waals surface area (Å²) in [6, 6.07) is 5.64. The lowest BCUT2D eigenvalue weighted by molar-refractivity contribution is -0.151. The van der Waals surface area contributed by atoms with Crippen LogP contribution in [0.3, 0.4) is 0 Å². The second-order valence-electron chi connectivity index (χ2n) is 13.7. The van der Waals surface area contributed by atoms with Gasteiger partial charge in [0, 0.05) is 49.1 Å². The number of alkyl halides is 2. The van der Waals surface area contributed by atoms with Crippen molar-refractivity contribution in [3.63, 3.8) is 0 Å². The van der Waals surface area contributed by atoms with Gasteiger partial charge in [-0.1, -0.05) is 19.9 Å². The molecule has 2 aromatic heterocycles. The highest BCUT2D eigenvalue weighted by Crippen LogP contribution is 2.43. The van der Waals surface area contributed by atoms with Crippen molar-refractivity contribution in [2.24, 2.45) is 11.3 Å². The molecule has 47 heavy (non-hydrogen) atoms. The van der Waals surface area contributed by atoms with Gasteiger partial charge in [0.1, 0.15) is 28.6 Å². The number of fused-ring (bicyclic) bond motifs is 2. The molecule has 0 saturated carbocycles. The van der Waals surface area contributed by atoms with Gasteiger partial charge in [-0.15, -0.1) is 0 Å². The van der Waals surface area contributed by atoms with E-state index in [1.165, 1.54) is 24.4 Å². The van der Waals surface area contributed by atoms with E-state index in [4.69, 9.17) is 14.5 Å². The zero-order valence-electron chi connectivity index (χ0n) is 26.8. The summed E-state index contributed by atoms with van der Waals surface area (Å²) in [5.41, 5.74) is -0.747. The Morgan fingerprint density at radius 3 is 2.66 bits per heavy atom. The Morgan fingerprint density at radius 1 is 1.13 bits per heavy atom. The standard InChI is InChI=1S/C35H39F4N5O3/c1-4-22-26(36)7-6-20-14-21(45)15-23(27(20)22)29-28(37)30-24(16-40-29)32(44-11-5-9-35(18-44)10-13-47-35)42-33(41-30)46-19-34(2)17-43(3)12-8-25(34)31(38)39/h6-7,14-16,25,31,45H,4-5,8-13,17-19H2,1-3H3/t25-,34+,35-/m1/s1. The minimum atomic E-state index is -2.52. The molecule has 3 fully saturated rings. The average molecular weight is 654 g/mol. The number of anilines is 1. The highest BCUT2D eigenvalue weighted by molar-refractivity contribution is 6.01. The minimum absolute atomic E-state index is 0.0635. The van der Waals surface area contributed by atoms with Crippen LogP contribution in [0.1, 0.15) is 45.1 Å². The number of piperidine rings is 2. The Kier molecular flexibility index (Phi) is 8.15. The molecule has 5 heterocycles. The van der Waals surface area contributed by atoms with E-state index in [9.17, 15) is 18.3 Å². The fourth-order valence-corrected chi connectivity index (χ4v) is 7.87. The molecule has 4 aromatic rings. The molecule has 0 amide bonds. The van der Waals surface area contributed by atoms with Crippen LogP contribution in [0.2, 0.25) is 0 Å². The Balaban J connectivity index is 1.36. The molecule has 0 aliphatic carbocycles. The van der Waals surface area contributed by atoms with Gasteiger partial charge in [0.25, 0.3) is 0 Å². The molecule has 7 rings (SSSR count). The van der Waals surface area contributed by atoms with Gasteiger partial charge in [-0.2, -0.15) is 9.97 Å². The molecule has 2 aromatic carbocycles. The van der Waals surface area contributed by atoms with Crippen molar-refractivity contribution in [3.05, 3.63) is 47.7 Å². The number of aromatic hydroxyl groups is 1. The molecule has 250 valence electrons. The van der Waals surface area contributed by atoms with Crippen LogP contribution in [0.5, 0.6) is 11.8 Å². The Hall–Kier alpha value is -3.77. The Bertz CT molecular complexity index is 1840. The third-order valence-electron chi connectivity index (χ3n) is 10.4. The minimum Gasteiger partial charge on any atom is -0.508 e. The van der Waals surface area contributed by atoms with Gasteiger partial charge in [-0.25, -0.2) is 17.6 Å². The Morgan fingerprint density at radius 2 is 1.94 bits per heavy atom. The number of aryl methyl sites for hydroxylation is 1. The molecule has 12 heteroatoms. The van der Waals surface area contributed by atoms with E-state index in [1.807, 2.05) is 23.8 Å². The van der Waals surface area contributed by atoms with E-state index < -0.39 is 29.4 Å². The molecule has 3 saturated heterocycles. The first-order valence-electron chi connectivity index (χ1n) is 16.3. The van der Waals surface area contributed by atoms with Crippen LogP contribution < -0.4 is 9.64 Å². The number of nitrogens with zero attached hydrogens (tertiary/aromatic N) is 5. The van der Waals surface area contributed by atoms with Crippen LogP contribution in [0.15, 0.2) is 30.5 Å². The molecule has 1 spiro atoms. The summed E-state index contributed by atoms with van der Waals surface area (Å²) in [7, 11) is 1.89. The summed E-state index contributed by atoms with van der Waals surface area (Å²) < 4.78 is 72.3. The van der Waals surface area contributed by atoms with E-state index in [1.54, 1.807) is 13.0 Å². The molecule has 3 aliphatic heterocycles. The second kappa shape index (κ2) is 12.0. The summed E-state index contributed by atoms with van der Waals surface area (Å²) in [6.45, 7) is 6.35. The number of pyridine rings is 1. The lowest BCUT2D eigenvalue weighted by atomic mass is 9.73. The van der Waals surface area contributed by atoms with Crippen molar-refractivity contribution >= 4 is 27.5 Å². The SMILES string of the molecule is CCc1c(F)ccc2cc(O)cc(-c3ncc4c(N5CCC[C@@]6(CCO6)C5)nc(OC[C@]5(C)CN(C)CC[C@@H]5C(F)F)nc4c3F)c12. The summed E-state index contributed by atoms with van der Waals surface area (Å²) in [4.78, 5) is 17.8. The van der Waals surface area contributed by atoms with Gasteiger partial charge in [-0.05, 0) is 73.8 Å². The molecular formula is C35H39F4N5O3. The summed E-state index contributed by atoms with van der Waals surface area (Å²) in [5.74, 6) is -1.79. The quantitative estimate of drug-likeness (QED) is 0.220. The van der Waals surface area contributed by atoms with Crippen LogP contribution in [0.25, 0.3) is 32.9 Å². The van der Waals surface area contributed by atoms with Gasteiger partial charge in [-0.3, -0.25) is 4.98 Å². The summed E-state index contributed by atoms with van der Waals surface area (Å²) in [6.07, 6.45) is 2.32. The van der Waals surface area contributed by atoms with Crippen LogP contribution in [-0.4, -0.2) is 83.4 Å². The summed E-state index contributed by atoms with van der Waals surface area (Å²) >= 11 is 0. The largest absolute Gasteiger partial charge is 0.508 e. The first kappa shape index (κ1) is 31.8. The number of likely N-dealkylation sites (tertiary alicyclic amines) is 1. The maximum Gasteiger partial charge on any atom is 0.319 e. The molecule has 1 N–H and O–H groups in total. The predicted octanol–water partition coefficient (Wildman–Crippen LogP) is 6.75. The van der Waals surface area contributed by atoms with Crippen LogP contribution in [0, 0.1) is 23.0 Å². The first-order chi connectivity index (χ1) is 22.5. The maximum atomic E-state index is 16.9. The fraction of sp³-hybridized carbons (Fsp3) is 0.514. The number of rotatable bonds is 7. The zero-order valence-corrected chi connectivity index (χ0v) is 26.8. The second-order valence-corrected chi connectivity index (χ2v) is 13.7. The van der Waals surface area contributed by atoms with Gasteiger partial charge in [0.2, 0.25) is 6.43 Å². The number of benzene rings is 2. The van der Waals surface area contributed by atoms with Gasteiger partial charge in [0.15, 0.2) is 5.82 Å². The van der Waals surface area contributed by atoms with E-state index >= 15 is 4.39 Å². The number of hydrogen-bond donors (Lipinski definition) is 1. The van der Waals surface area contributed by atoms with Crippen molar-refractivity contribution in [1.82, 2.24) is 19.9 Å². The lowest BCUT2D eigenvalue weighted by Gasteiger charge is -2.48. The lowest BCUT2D eigenvalue weighted by Crippen LogP contribution is -2.56. The molecule has 3 aliphatic rings. The molecule has 8 nitrogen and oxygen atoms in total. The van der Waals surface area contributed by atoms with E-state index in [2.05, 4.69) is 9.97 Å². The molecule has 0 unspecified atom stereocenters. The Labute approximate surface area is 270 Å². The van der Waals surface area contributed by atoms with E-state index in [-0.39, 0.29) is 40.7 Å². The van der Waals surface area contributed by atoms with E-state index in [0.717, 1.165) is 19.3 Å². The third kappa shape index (κ3) is 5.62. The molecule has 3 atom stereocenters. The summed E-state index contributed by atoms with van der Waals surface area (Å²) in [5, 5.41) is 11.9. The highest BCUT2D eigenvalue weighted by atomic mass is 19.3. The van der Waals surface area contributed by atoms with Crippen molar-refractivity contribution in [2.45, 2.75) is 58.0 Å². The van der Waals surface area contributed by atoms with Crippen molar-refractivity contribution in [1.29, 1.82) is 0 Å². The number of ether oxygens (including phenoxy) is 2. The average Bonchev–Trinajstić information content (AvgIpc) is 3.03. The normalized spacial score (nSPS) is 25.2. The molecule has 0 radical (unpaired) electrons. The number of aromatic nitrogens is 3. The number of halogens is 4. The number of phenolic OH excluding ortho intramolecular Hbond substituents is 1. The molecular weight excluding hydrogens is 614 g/mol. The zero-order chi connectivity index (χ0) is 33.1. The third-order valence-corrected chi connectivity index (χ3v) is 10.4. The van der Waals surface area contributed by atoms with Crippen molar-refractivity contribution in [2.75, 3.05) is 51.3 Å². The van der Waals surface area contributed by atoms with Gasteiger partial charge >= 0.3 is 6.01 Å². The highest BCUT2D eigenvalue weighted by Gasteiger charge is 2.45. The monoisotopic (exact) mass is 653 g/mol. The van der Waals surface area contributed by atoms with Crippen molar-refractivity contribution < 1.29 is 32.1 Å². The number of hydrogen-bond acceptors (Lipinski definition) is 8. The van der Waals surface area contributed by atoms with Crippen LogP contribution >= 0.6 is 0 Å². The number of phenols is 1. The molecule has 0 bridgehead atoms. The van der Waals surface area contributed by atoms with Crippen LogP contribution in [-0.2, 0) is 11.2 Å². The topological polar surface area (TPSA) is 83.8 Å². The first-order valence-corrected chi connectivity index (χ1v) is 16.3.